The van der Waals surface area contributed by atoms with Gasteiger partial charge in [0.15, 0.2) is 0 Å². The third-order valence-electron chi connectivity index (χ3n) is 3.97. The molecule has 4 rings (SSSR count). The second kappa shape index (κ2) is 2.60. The molecular formula is C13H17N. The summed E-state index contributed by atoms with van der Waals surface area (Å²) in [5.41, 5.74) is 8.45. The maximum Gasteiger partial charge on any atom is 0.0170 e. The van der Waals surface area contributed by atoms with Gasteiger partial charge in [-0.05, 0) is 43.1 Å². The van der Waals surface area contributed by atoms with Crippen LogP contribution in [0.25, 0.3) is 0 Å². The number of hydrogen-bond donors (Lipinski definition) is 1. The van der Waals surface area contributed by atoms with Gasteiger partial charge in [-0.25, -0.2) is 0 Å². The lowest BCUT2D eigenvalue weighted by molar-refractivity contribution is -0.135. The highest BCUT2D eigenvalue weighted by Gasteiger charge is 2.64. The molecule has 14 heavy (non-hydrogen) atoms. The molecule has 0 unspecified atom stereocenters. The van der Waals surface area contributed by atoms with Crippen molar-refractivity contribution in [3.63, 3.8) is 0 Å². The molecule has 3 aliphatic carbocycles. The molecule has 0 heterocycles. The molecule has 0 saturated heterocycles. The number of benzene rings is 1. The maximum atomic E-state index is 6.04. The number of hydrogen-bond acceptors (Lipinski definition) is 1. The highest BCUT2D eigenvalue weighted by Crippen LogP contribution is 2.67. The smallest absolute Gasteiger partial charge is 0.0170 e. The summed E-state index contributed by atoms with van der Waals surface area (Å²) in [5, 5.41) is 0. The second-order valence-corrected chi connectivity index (χ2v) is 5.38. The zero-order valence-electron chi connectivity index (χ0n) is 8.50. The van der Waals surface area contributed by atoms with Crippen LogP contribution in [0.2, 0.25) is 0 Å². The van der Waals surface area contributed by atoms with E-state index in [1.807, 2.05) is 0 Å². The minimum atomic E-state index is 0.274. The van der Waals surface area contributed by atoms with Gasteiger partial charge in [0.25, 0.3) is 0 Å². The molecule has 0 aromatic heterocycles. The molecule has 3 fully saturated rings. The molecule has 2 N–H and O–H groups in total. The van der Waals surface area contributed by atoms with E-state index in [2.05, 4.69) is 30.3 Å². The Morgan fingerprint density at radius 3 is 2.29 bits per heavy atom. The first-order chi connectivity index (χ1) is 6.70. The fraction of sp³-hybridized carbons (Fsp3) is 0.538. The van der Waals surface area contributed by atoms with Crippen molar-refractivity contribution in [2.24, 2.45) is 11.1 Å². The topological polar surface area (TPSA) is 26.0 Å². The molecular weight excluding hydrogens is 170 g/mol. The molecule has 1 heteroatoms. The molecule has 2 bridgehead atoms. The van der Waals surface area contributed by atoms with E-state index < -0.39 is 0 Å². The average molecular weight is 187 g/mol. The van der Waals surface area contributed by atoms with Gasteiger partial charge in [0, 0.05) is 5.54 Å². The van der Waals surface area contributed by atoms with Gasteiger partial charge in [-0.2, -0.15) is 0 Å². The maximum absolute atomic E-state index is 6.04. The van der Waals surface area contributed by atoms with Crippen molar-refractivity contribution in [2.75, 3.05) is 0 Å². The zero-order valence-corrected chi connectivity index (χ0v) is 8.50. The van der Waals surface area contributed by atoms with E-state index in [0.717, 1.165) is 0 Å². The Kier molecular flexibility index (Phi) is 1.58. The summed E-state index contributed by atoms with van der Waals surface area (Å²) < 4.78 is 0. The van der Waals surface area contributed by atoms with E-state index in [0.29, 0.717) is 5.41 Å². The number of nitrogens with two attached hydrogens (primary N) is 1. The van der Waals surface area contributed by atoms with Gasteiger partial charge < -0.3 is 5.73 Å². The molecule has 74 valence electrons. The molecule has 0 radical (unpaired) electrons. The van der Waals surface area contributed by atoms with Crippen LogP contribution in [0.15, 0.2) is 30.3 Å². The van der Waals surface area contributed by atoms with Crippen molar-refractivity contribution < 1.29 is 0 Å². The molecule has 3 aliphatic rings. The summed E-state index contributed by atoms with van der Waals surface area (Å²) in [6, 6.07) is 10.8. The Morgan fingerprint density at radius 2 is 1.71 bits per heavy atom. The monoisotopic (exact) mass is 187 g/mol. The summed E-state index contributed by atoms with van der Waals surface area (Å²) in [6.07, 6.45) is 6.43. The van der Waals surface area contributed by atoms with Crippen LogP contribution in [-0.2, 0) is 6.42 Å². The van der Waals surface area contributed by atoms with Crippen molar-refractivity contribution in [3.05, 3.63) is 35.9 Å². The summed E-state index contributed by atoms with van der Waals surface area (Å²) >= 11 is 0. The van der Waals surface area contributed by atoms with Gasteiger partial charge >= 0.3 is 0 Å². The van der Waals surface area contributed by atoms with Crippen LogP contribution < -0.4 is 5.73 Å². The van der Waals surface area contributed by atoms with Crippen LogP contribution in [0.4, 0.5) is 0 Å². The molecule has 0 atom stereocenters. The molecule has 1 aromatic carbocycles. The number of aryl methyl sites for hydroxylation is 1. The molecule has 1 aromatic rings. The SMILES string of the molecule is NC12CC(CCc3ccccc3)(C1)C2. The third kappa shape index (κ3) is 1.19. The summed E-state index contributed by atoms with van der Waals surface area (Å²) in [7, 11) is 0. The molecule has 0 aliphatic heterocycles. The third-order valence-corrected chi connectivity index (χ3v) is 3.97. The average Bonchev–Trinajstić information content (AvgIpc) is 2.11. The van der Waals surface area contributed by atoms with Crippen LogP contribution in [0, 0.1) is 5.41 Å². The van der Waals surface area contributed by atoms with Crippen LogP contribution in [-0.4, -0.2) is 5.54 Å². The lowest BCUT2D eigenvalue weighted by atomic mass is 9.38. The first-order valence-electron chi connectivity index (χ1n) is 5.53. The van der Waals surface area contributed by atoms with Gasteiger partial charge in [0.2, 0.25) is 0 Å². The van der Waals surface area contributed by atoms with Crippen molar-refractivity contribution >= 4 is 0 Å². The fourth-order valence-corrected chi connectivity index (χ4v) is 3.40. The van der Waals surface area contributed by atoms with E-state index in [1.165, 1.54) is 37.7 Å². The highest BCUT2D eigenvalue weighted by atomic mass is 14.9. The standard InChI is InChI=1S/C13H17N/c14-13-8-12(9-13,10-13)7-6-11-4-2-1-3-5-11/h1-5H,6-10,14H2. The Labute approximate surface area is 85.3 Å². The van der Waals surface area contributed by atoms with Crippen molar-refractivity contribution in [1.29, 1.82) is 0 Å². The molecule has 3 saturated carbocycles. The van der Waals surface area contributed by atoms with Crippen molar-refractivity contribution in [2.45, 2.75) is 37.6 Å². The lowest BCUT2D eigenvalue weighted by Crippen LogP contribution is -2.72. The van der Waals surface area contributed by atoms with Crippen molar-refractivity contribution in [1.82, 2.24) is 0 Å². The molecule has 0 spiro atoms. The Balaban J connectivity index is 1.57. The fourth-order valence-electron chi connectivity index (χ4n) is 3.40. The molecule has 1 nitrogen and oxygen atoms in total. The van der Waals surface area contributed by atoms with E-state index >= 15 is 0 Å². The largest absolute Gasteiger partial charge is 0.325 e. The second-order valence-electron chi connectivity index (χ2n) is 5.38. The van der Waals surface area contributed by atoms with E-state index in [1.54, 1.807) is 0 Å². The quantitative estimate of drug-likeness (QED) is 0.773. The van der Waals surface area contributed by atoms with Crippen LogP contribution in [0.1, 0.15) is 31.2 Å². The zero-order chi connectivity index (χ0) is 9.65. The Morgan fingerprint density at radius 1 is 1.07 bits per heavy atom. The van der Waals surface area contributed by atoms with Crippen molar-refractivity contribution in [3.8, 4) is 0 Å². The van der Waals surface area contributed by atoms with Crippen LogP contribution >= 0.6 is 0 Å². The normalized spacial score (nSPS) is 38.6. The Hall–Kier alpha value is -0.820. The minimum absolute atomic E-state index is 0.274. The van der Waals surface area contributed by atoms with Gasteiger partial charge in [0.05, 0.1) is 0 Å². The Bertz CT molecular complexity index is 322. The van der Waals surface area contributed by atoms with Crippen LogP contribution in [0.5, 0.6) is 0 Å². The van der Waals surface area contributed by atoms with E-state index in [-0.39, 0.29) is 5.54 Å². The summed E-state index contributed by atoms with van der Waals surface area (Å²) in [4.78, 5) is 0. The first-order valence-corrected chi connectivity index (χ1v) is 5.53. The van der Waals surface area contributed by atoms with Gasteiger partial charge in [-0.15, -0.1) is 0 Å². The van der Waals surface area contributed by atoms with Gasteiger partial charge in [-0.3, -0.25) is 0 Å². The van der Waals surface area contributed by atoms with Gasteiger partial charge in [0.1, 0.15) is 0 Å². The minimum Gasteiger partial charge on any atom is -0.325 e. The van der Waals surface area contributed by atoms with Gasteiger partial charge in [-0.1, -0.05) is 30.3 Å². The molecule has 0 amide bonds. The van der Waals surface area contributed by atoms with E-state index in [9.17, 15) is 0 Å². The predicted octanol–water partition coefficient (Wildman–Crippen LogP) is 2.50. The predicted molar refractivity (Wildman–Crippen MR) is 58.0 cm³/mol. The lowest BCUT2D eigenvalue weighted by Gasteiger charge is -2.69. The summed E-state index contributed by atoms with van der Waals surface area (Å²) in [5.74, 6) is 0. The van der Waals surface area contributed by atoms with Crippen LogP contribution in [0.3, 0.4) is 0 Å². The highest BCUT2D eigenvalue weighted by molar-refractivity contribution is 5.23. The van der Waals surface area contributed by atoms with E-state index in [4.69, 9.17) is 5.73 Å². The first kappa shape index (κ1) is 8.49. The number of rotatable bonds is 3. The summed E-state index contributed by atoms with van der Waals surface area (Å²) in [6.45, 7) is 0.